The van der Waals surface area contributed by atoms with Crippen molar-refractivity contribution in [3.63, 3.8) is 0 Å². The molecule has 0 saturated heterocycles. The third kappa shape index (κ3) is 8.27. The van der Waals surface area contributed by atoms with Crippen molar-refractivity contribution in [1.29, 1.82) is 0 Å². The molecular formula is C104H72N2. The molecule has 2 heterocycles. The second-order valence-corrected chi connectivity index (χ2v) is 31.0. The summed E-state index contributed by atoms with van der Waals surface area (Å²) in [6.45, 7) is 9.49. The monoisotopic (exact) mass is 1350 g/mol. The molecule has 0 atom stereocenters. The molecule has 4 aliphatic carbocycles. The van der Waals surface area contributed by atoms with E-state index in [9.17, 15) is 0 Å². The molecule has 0 fully saturated rings. The minimum atomic E-state index is -0.661. The topological polar surface area (TPSA) is 9.86 Å². The molecule has 0 spiro atoms. The van der Waals surface area contributed by atoms with Crippen LogP contribution in [-0.2, 0) is 21.7 Å². The molecule has 2 heteroatoms. The molecule has 0 bridgehead atoms. The van der Waals surface area contributed by atoms with Crippen molar-refractivity contribution in [2.75, 3.05) is 0 Å². The highest BCUT2D eigenvalue weighted by Gasteiger charge is 2.49. The fourth-order valence-corrected chi connectivity index (χ4v) is 20.2. The van der Waals surface area contributed by atoms with Crippen LogP contribution in [0.3, 0.4) is 0 Å². The Balaban J connectivity index is 0.679. The largest absolute Gasteiger partial charge is 0.309 e. The van der Waals surface area contributed by atoms with Gasteiger partial charge in [0.25, 0.3) is 0 Å². The van der Waals surface area contributed by atoms with Crippen LogP contribution in [0.15, 0.2) is 364 Å². The minimum Gasteiger partial charge on any atom is -0.309 e. The summed E-state index contributed by atoms with van der Waals surface area (Å²) < 4.78 is 4.97. The highest BCUT2D eigenvalue weighted by atomic mass is 15.0. The van der Waals surface area contributed by atoms with E-state index < -0.39 is 10.8 Å². The van der Waals surface area contributed by atoms with E-state index in [1.807, 2.05) is 0 Å². The highest BCUT2D eigenvalue weighted by molar-refractivity contribution is 6.12. The second-order valence-electron chi connectivity index (χ2n) is 31.0. The smallest absolute Gasteiger partial charge is 0.0713 e. The summed E-state index contributed by atoms with van der Waals surface area (Å²) in [5, 5.41) is 4.97. The Morgan fingerprint density at radius 1 is 0.179 bits per heavy atom. The van der Waals surface area contributed by atoms with Gasteiger partial charge in [0.15, 0.2) is 0 Å². The maximum atomic E-state index is 2.54. The number of nitrogens with zero attached hydrogens (tertiary/aromatic N) is 2. The number of fused-ring (bicyclic) bond motifs is 18. The first-order chi connectivity index (χ1) is 52.1. The summed E-state index contributed by atoms with van der Waals surface area (Å²) in [6.07, 6.45) is 0. The summed E-state index contributed by atoms with van der Waals surface area (Å²) in [4.78, 5) is 0. The van der Waals surface area contributed by atoms with Crippen molar-refractivity contribution in [1.82, 2.24) is 9.13 Å². The Hall–Kier alpha value is -12.9. The van der Waals surface area contributed by atoms with Crippen LogP contribution in [0.2, 0.25) is 0 Å². The van der Waals surface area contributed by atoms with E-state index in [2.05, 4.69) is 401 Å². The van der Waals surface area contributed by atoms with Gasteiger partial charge in [-0.1, -0.05) is 307 Å². The first-order valence-corrected chi connectivity index (χ1v) is 37.4. The van der Waals surface area contributed by atoms with Gasteiger partial charge in [0.2, 0.25) is 0 Å². The zero-order chi connectivity index (χ0) is 70.4. The van der Waals surface area contributed by atoms with Crippen molar-refractivity contribution in [2.24, 2.45) is 0 Å². The van der Waals surface area contributed by atoms with Crippen LogP contribution in [0, 0.1) is 0 Å². The lowest BCUT2D eigenvalue weighted by molar-refractivity contribution is 0.660. The summed E-state index contributed by atoms with van der Waals surface area (Å²) in [6, 6.07) is 139. The van der Waals surface area contributed by atoms with E-state index in [4.69, 9.17) is 0 Å². The fraction of sp³-hybridized carbons (Fsp3) is 0.0769. The number of hydrogen-bond donors (Lipinski definition) is 0. The van der Waals surface area contributed by atoms with Gasteiger partial charge in [-0.05, 0) is 230 Å². The van der Waals surface area contributed by atoms with E-state index >= 15 is 0 Å². The standard InChI is InChI=1S/C104H72N2/c1-101(2)89-37-21-17-33-77(89)79-53-47-75(63-91(79)101)105-97-39-23-19-35-85(97)87-57-65(45-55-99(87)105)67-41-49-81-83-51-43-69(61-95(83)103(93(81)59-67,71-25-9-5-10-26-71)72-27-11-6-12-28-72)70-44-52-84-82-50-42-68(60-94(82)104(96(84)62-70,73-29-13-7-14-30-73)74-31-15-8-16-32-74)66-46-56-100-88(58-66)86-36-20-24-40-98(86)106(100)76-48-54-80-78-34-18-22-38-90(78)102(3,4)92(80)64-76/h5-64H,1-4H3. The first-order valence-electron chi connectivity index (χ1n) is 37.4. The van der Waals surface area contributed by atoms with E-state index in [1.54, 1.807) is 0 Å². The maximum absolute atomic E-state index is 2.54. The quantitative estimate of drug-likeness (QED) is 0.136. The van der Waals surface area contributed by atoms with E-state index in [1.165, 1.54) is 200 Å². The molecule has 16 aromatic carbocycles. The molecule has 106 heavy (non-hydrogen) atoms. The Kier molecular flexibility index (Phi) is 12.8. The lowest BCUT2D eigenvalue weighted by atomic mass is 9.66. The number of benzene rings is 16. The zero-order valence-electron chi connectivity index (χ0n) is 59.5. The van der Waals surface area contributed by atoms with Crippen molar-refractivity contribution in [3.05, 3.63) is 431 Å². The Bertz CT molecular complexity index is 6250. The molecule has 0 N–H and O–H groups in total. The number of para-hydroxylation sites is 2. The summed E-state index contributed by atoms with van der Waals surface area (Å²) in [7, 11) is 0. The predicted molar refractivity (Wildman–Crippen MR) is 441 cm³/mol. The SMILES string of the molecule is CC1(C)c2ccccc2-c2ccc(-n3c4ccccc4c4cc(-c5ccc6c(c5)C(c5ccccc5)(c5ccccc5)c5cc(-c7ccc8c(c7)C(c7ccccc7)(c7ccccc7)c7cc(-c9ccc%10c(c9)c9ccccc9n%10-c9ccc%10c(c9)C(C)(C)c9ccccc9-%10)ccc7-8)ccc5-6)ccc43)cc21. The van der Waals surface area contributed by atoms with Gasteiger partial charge >= 0.3 is 0 Å². The van der Waals surface area contributed by atoms with Crippen LogP contribution >= 0.6 is 0 Å². The first kappa shape index (κ1) is 60.7. The van der Waals surface area contributed by atoms with Gasteiger partial charge in [-0.3, -0.25) is 0 Å². The van der Waals surface area contributed by atoms with E-state index in [0.29, 0.717) is 0 Å². The molecule has 0 unspecified atom stereocenters. The summed E-state index contributed by atoms with van der Waals surface area (Å²) >= 11 is 0. The van der Waals surface area contributed by atoms with Crippen molar-refractivity contribution < 1.29 is 0 Å². The normalized spacial score (nSPS) is 14.7. The van der Waals surface area contributed by atoms with Crippen LogP contribution < -0.4 is 0 Å². The molecule has 0 radical (unpaired) electrons. The van der Waals surface area contributed by atoms with Crippen molar-refractivity contribution in [3.8, 4) is 89.3 Å². The molecule has 2 nitrogen and oxygen atoms in total. The second kappa shape index (κ2) is 22.3. The zero-order valence-corrected chi connectivity index (χ0v) is 59.5. The minimum absolute atomic E-state index is 0.112. The van der Waals surface area contributed by atoms with Gasteiger partial charge in [0.05, 0.1) is 32.9 Å². The van der Waals surface area contributed by atoms with Gasteiger partial charge < -0.3 is 9.13 Å². The van der Waals surface area contributed by atoms with E-state index in [0.717, 1.165) is 0 Å². The molecule has 4 aliphatic rings. The van der Waals surface area contributed by atoms with Crippen LogP contribution in [0.1, 0.15) is 94.5 Å². The van der Waals surface area contributed by atoms with Gasteiger partial charge in [-0.2, -0.15) is 0 Å². The lowest BCUT2D eigenvalue weighted by Gasteiger charge is -2.35. The molecule has 0 aliphatic heterocycles. The number of aromatic nitrogens is 2. The average molecular weight is 1350 g/mol. The van der Waals surface area contributed by atoms with Crippen molar-refractivity contribution >= 4 is 43.6 Å². The fourth-order valence-electron chi connectivity index (χ4n) is 20.2. The molecule has 18 aromatic rings. The highest BCUT2D eigenvalue weighted by Crippen LogP contribution is 2.61. The average Bonchev–Trinajstić information content (AvgIpc) is 1.53. The van der Waals surface area contributed by atoms with Gasteiger partial charge in [0, 0.05) is 43.7 Å². The third-order valence-corrected chi connectivity index (χ3v) is 25.1. The predicted octanol–water partition coefficient (Wildman–Crippen LogP) is 26.2. The number of rotatable bonds is 9. The van der Waals surface area contributed by atoms with Crippen LogP contribution in [0.4, 0.5) is 0 Å². The van der Waals surface area contributed by atoms with Crippen LogP contribution in [-0.4, -0.2) is 9.13 Å². The Labute approximate surface area is 618 Å². The van der Waals surface area contributed by atoms with Crippen molar-refractivity contribution in [2.45, 2.75) is 49.4 Å². The molecule has 22 rings (SSSR count). The Morgan fingerprint density at radius 2 is 0.434 bits per heavy atom. The summed E-state index contributed by atoms with van der Waals surface area (Å²) in [5.74, 6) is 0. The molecular weight excluding hydrogens is 1280 g/mol. The molecule has 2 aromatic heterocycles. The van der Waals surface area contributed by atoms with Gasteiger partial charge in [-0.15, -0.1) is 0 Å². The summed E-state index contributed by atoms with van der Waals surface area (Å²) in [5.41, 5.74) is 38.7. The van der Waals surface area contributed by atoms with Crippen LogP contribution in [0.5, 0.6) is 0 Å². The molecule has 0 saturated carbocycles. The van der Waals surface area contributed by atoms with Gasteiger partial charge in [0.1, 0.15) is 0 Å². The molecule has 0 amide bonds. The van der Waals surface area contributed by atoms with Crippen LogP contribution in [0.25, 0.3) is 133 Å². The van der Waals surface area contributed by atoms with E-state index in [-0.39, 0.29) is 10.8 Å². The maximum Gasteiger partial charge on any atom is 0.0713 e. The Morgan fingerprint density at radius 3 is 0.783 bits per heavy atom. The third-order valence-electron chi connectivity index (χ3n) is 25.1. The lowest BCUT2D eigenvalue weighted by Crippen LogP contribution is -2.29. The number of hydrogen-bond acceptors (Lipinski definition) is 0. The molecule has 498 valence electrons. The van der Waals surface area contributed by atoms with Gasteiger partial charge in [-0.25, -0.2) is 0 Å².